The second-order valence-electron chi connectivity index (χ2n) is 3.22. The molecular weight excluding hydrogens is 265 g/mol. The smallest absolute Gasteiger partial charge is 0.160 e. The van der Waals surface area contributed by atoms with Gasteiger partial charge in [0.1, 0.15) is 5.82 Å². The predicted molar refractivity (Wildman–Crippen MR) is 58.0 cm³/mol. The van der Waals surface area contributed by atoms with Crippen LogP contribution in [-0.4, -0.2) is 4.98 Å². The monoisotopic (exact) mass is 269 g/mol. The molecule has 4 heteroatoms. The van der Waals surface area contributed by atoms with E-state index in [1.807, 2.05) is 6.07 Å². The first kappa shape index (κ1) is 8.56. The minimum absolute atomic E-state index is 0.194. The number of hydrogen-bond donors (Lipinski definition) is 0. The van der Waals surface area contributed by atoms with Crippen molar-refractivity contribution < 1.29 is 4.39 Å². The van der Waals surface area contributed by atoms with Gasteiger partial charge in [-0.15, -0.1) is 11.3 Å². The van der Waals surface area contributed by atoms with E-state index in [1.165, 1.54) is 16.5 Å². The quantitative estimate of drug-likeness (QED) is 0.608. The number of hydrogen-bond acceptors (Lipinski definition) is 2. The third kappa shape index (κ3) is 1.14. The van der Waals surface area contributed by atoms with Gasteiger partial charge < -0.3 is 0 Å². The lowest BCUT2D eigenvalue weighted by Crippen LogP contribution is -1.82. The van der Waals surface area contributed by atoms with Crippen LogP contribution < -0.4 is 0 Å². The van der Waals surface area contributed by atoms with Crippen molar-refractivity contribution in [3.8, 4) is 11.3 Å². The van der Waals surface area contributed by atoms with Gasteiger partial charge in [0.2, 0.25) is 0 Å². The van der Waals surface area contributed by atoms with E-state index >= 15 is 0 Å². The molecule has 2 aromatic rings. The summed E-state index contributed by atoms with van der Waals surface area (Å²) in [5, 5.41) is 0. The molecule has 0 saturated carbocycles. The van der Waals surface area contributed by atoms with Crippen molar-refractivity contribution in [3.05, 3.63) is 38.4 Å². The first-order valence-electron chi connectivity index (χ1n) is 4.18. The highest BCUT2D eigenvalue weighted by Gasteiger charge is 2.22. The summed E-state index contributed by atoms with van der Waals surface area (Å²) in [5.74, 6) is -0.194. The number of halogens is 2. The molecular formula is C10H5BrFNS. The van der Waals surface area contributed by atoms with Crippen LogP contribution in [0.3, 0.4) is 0 Å². The van der Waals surface area contributed by atoms with Crippen LogP contribution in [0.1, 0.15) is 10.4 Å². The zero-order valence-corrected chi connectivity index (χ0v) is 9.45. The van der Waals surface area contributed by atoms with Crippen LogP contribution in [0.5, 0.6) is 0 Å². The summed E-state index contributed by atoms with van der Waals surface area (Å²) in [6, 6.07) is 4.91. The lowest BCUT2D eigenvalue weighted by atomic mass is 10.1. The van der Waals surface area contributed by atoms with Gasteiger partial charge in [0, 0.05) is 16.9 Å². The van der Waals surface area contributed by atoms with Crippen molar-refractivity contribution in [2.45, 2.75) is 6.42 Å². The number of nitrogens with zero attached hydrogens (tertiary/aromatic N) is 1. The standard InChI is InChI=1S/C10H5BrFNS/c11-10-13-9-7-4-6(12)2-1-5(7)3-8(9)14-10/h1-2,4H,3H2. The van der Waals surface area contributed by atoms with Crippen LogP contribution >= 0.6 is 27.3 Å². The maximum atomic E-state index is 13.0. The Bertz CT molecular complexity index is 521. The SMILES string of the molecule is Fc1ccc2c(c1)-c1nc(Br)sc1C2. The van der Waals surface area contributed by atoms with E-state index in [1.54, 1.807) is 17.4 Å². The summed E-state index contributed by atoms with van der Waals surface area (Å²) in [7, 11) is 0. The third-order valence-corrected chi connectivity index (χ3v) is 3.86. The predicted octanol–water partition coefficient (Wildman–Crippen LogP) is 3.62. The number of thiazole rings is 1. The molecule has 1 nitrogen and oxygen atoms in total. The summed E-state index contributed by atoms with van der Waals surface area (Å²) >= 11 is 4.96. The van der Waals surface area contributed by atoms with Crippen LogP contribution in [0, 0.1) is 5.82 Å². The van der Waals surface area contributed by atoms with Crippen molar-refractivity contribution in [3.63, 3.8) is 0 Å². The van der Waals surface area contributed by atoms with Gasteiger partial charge in [0.05, 0.1) is 5.69 Å². The average molecular weight is 270 g/mol. The van der Waals surface area contributed by atoms with E-state index in [0.717, 1.165) is 21.6 Å². The van der Waals surface area contributed by atoms with Gasteiger partial charge in [-0.25, -0.2) is 9.37 Å². The van der Waals surface area contributed by atoms with Gasteiger partial charge in [-0.2, -0.15) is 0 Å². The second-order valence-corrected chi connectivity index (χ2v) is 5.58. The Balaban J connectivity index is 2.28. The molecule has 1 aromatic heterocycles. The van der Waals surface area contributed by atoms with E-state index in [-0.39, 0.29) is 5.82 Å². The van der Waals surface area contributed by atoms with Crippen molar-refractivity contribution >= 4 is 27.3 Å². The fourth-order valence-electron chi connectivity index (χ4n) is 1.75. The van der Waals surface area contributed by atoms with Crippen LogP contribution in [0.2, 0.25) is 0 Å². The largest absolute Gasteiger partial charge is 0.229 e. The highest BCUT2D eigenvalue weighted by Crippen LogP contribution is 2.40. The molecule has 0 saturated heterocycles. The van der Waals surface area contributed by atoms with Crippen LogP contribution in [0.15, 0.2) is 22.1 Å². The van der Waals surface area contributed by atoms with Crippen molar-refractivity contribution in [2.24, 2.45) is 0 Å². The molecule has 1 heterocycles. The molecule has 0 atom stereocenters. The topological polar surface area (TPSA) is 12.9 Å². The van der Waals surface area contributed by atoms with Crippen LogP contribution in [0.4, 0.5) is 4.39 Å². The van der Waals surface area contributed by atoms with Crippen LogP contribution in [0.25, 0.3) is 11.3 Å². The molecule has 3 rings (SSSR count). The number of aromatic nitrogens is 1. The zero-order chi connectivity index (χ0) is 9.71. The lowest BCUT2D eigenvalue weighted by Gasteiger charge is -1.97. The Morgan fingerprint density at radius 2 is 2.29 bits per heavy atom. The molecule has 1 aliphatic carbocycles. The van der Waals surface area contributed by atoms with E-state index in [4.69, 9.17) is 0 Å². The zero-order valence-electron chi connectivity index (χ0n) is 7.05. The number of fused-ring (bicyclic) bond motifs is 3. The van der Waals surface area contributed by atoms with Gasteiger partial charge in [0.25, 0.3) is 0 Å². The molecule has 0 N–H and O–H groups in total. The van der Waals surface area contributed by atoms with Crippen molar-refractivity contribution in [1.82, 2.24) is 4.98 Å². The Kier molecular flexibility index (Phi) is 1.76. The Labute approximate surface area is 92.7 Å². The highest BCUT2D eigenvalue weighted by molar-refractivity contribution is 9.11. The lowest BCUT2D eigenvalue weighted by molar-refractivity contribution is 0.628. The molecule has 0 amide bonds. The first-order chi connectivity index (χ1) is 6.74. The van der Waals surface area contributed by atoms with E-state index in [9.17, 15) is 4.39 Å². The summed E-state index contributed by atoms with van der Waals surface area (Å²) in [5.41, 5.74) is 3.06. The summed E-state index contributed by atoms with van der Waals surface area (Å²) in [6.45, 7) is 0. The Morgan fingerprint density at radius 1 is 1.43 bits per heavy atom. The number of benzene rings is 1. The summed E-state index contributed by atoms with van der Waals surface area (Å²) < 4.78 is 13.9. The molecule has 1 aliphatic rings. The third-order valence-electron chi connectivity index (χ3n) is 2.35. The molecule has 0 bridgehead atoms. The fourth-order valence-corrected chi connectivity index (χ4v) is 3.33. The van der Waals surface area contributed by atoms with Gasteiger partial charge >= 0.3 is 0 Å². The van der Waals surface area contributed by atoms with E-state index < -0.39 is 0 Å². The highest BCUT2D eigenvalue weighted by atomic mass is 79.9. The molecule has 0 aliphatic heterocycles. The summed E-state index contributed by atoms with van der Waals surface area (Å²) in [6.07, 6.45) is 0.883. The Morgan fingerprint density at radius 3 is 3.14 bits per heavy atom. The maximum Gasteiger partial charge on any atom is 0.160 e. The minimum Gasteiger partial charge on any atom is -0.229 e. The summed E-state index contributed by atoms with van der Waals surface area (Å²) in [4.78, 5) is 5.56. The normalized spacial score (nSPS) is 12.7. The van der Waals surface area contributed by atoms with Crippen LogP contribution in [-0.2, 0) is 6.42 Å². The van der Waals surface area contributed by atoms with Gasteiger partial charge in [0.15, 0.2) is 3.92 Å². The molecule has 70 valence electrons. The molecule has 1 aromatic carbocycles. The van der Waals surface area contributed by atoms with Crippen molar-refractivity contribution in [2.75, 3.05) is 0 Å². The molecule has 0 fully saturated rings. The Hall–Kier alpha value is -0.740. The van der Waals surface area contributed by atoms with E-state index in [2.05, 4.69) is 20.9 Å². The molecule has 0 spiro atoms. The second kappa shape index (κ2) is 2.87. The molecule has 0 unspecified atom stereocenters. The first-order valence-corrected chi connectivity index (χ1v) is 5.79. The average Bonchev–Trinajstić information content (AvgIpc) is 2.62. The van der Waals surface area contributed by atoms with Gasteiger partial charge in [-0.05, 0) is 33.6 Å². The molecule has 14 heavy (non-hydrogen) atoms. The van der Waals surface area contributed by atoms with Gasteiger partial charge in [-0.3, -0.25) is 0 Å². The maximum absolute atomic E-state index is 13.0. The fraction of sp³-hybridized carbons (Fsp3) is 0.100. The van der Waals surface area contributed by atoms with Crippen molar-refractivity contribution in [1.29, 1.82) is 0 Å². The minimum atomic E-state index is -0.194. The molecule has 0 radical (unpaired) electrons. The number of rotatable bonds is 0. The van der Waals surface area contributed by atoms with Gasteiger partial charge in [-0.1, -0.05) is 6.07 Å². The van der Waals surface area contributed by atoms with E-state index in [0.29, 0.717) is 0 Å².